The van der Waals surface area contributed by atoms with Crippen LogP contribution in [0, 0.1) is 0 Å². The lowest BCUT2D eigenvalue weighted by atomic mass is 10.2. The molecule has 0 bridgehead atoms. The molecule has 2 rings (SSSR count). The first-order chi connectivity index (χ1) is 7.75. The van der Waals surface area contributed by atoms with Gasteiger partial charge in [-0.25, -0.2) is 0 Å². The van der Waals surface area contributed by atoms with Gasteiger partial charge >= 0.3 is 0 Å². The van der Waals surface area contributed by atoms with Crippen molar-refractivity contribution >= 4 is 0 Å². The fourth-order valence-corrected chi connectivity index (χ4v) is 1.55. The van der Waals surface area contributed by atoms with Crippen molar-refractivity contribution in [2.45, 2.75) is 32.0 Å². The molecule has 1 N–H and O–H groups in total. The highest BCUT2D eigenvalue weighted by Gasteiger charge is 2.21. The fraction of sp³-hybridized carbons (Fsp3) is 0.385. The van der Waals surface area contributed by atoms with E-state index in [0.717, 1.165) is 5.56 Å². The first kappa shape index (κ1) is 11.3. The molecule has 1 aliphatic rings. The van der Waals surface area contributed by atoms with Crippen molar-refractivity contribution in [2.24, 2.45) is 0 Å². The van der Waals surface area contributed by atoms with E-state index >= 15 is 0 Å². The monoisotopic (exact) mass is 220 g/mol. The third-order valence-electron chi connectivity index (χ3n) is 2.55. The van der Waals surface area contributed by atoms with Gasteiger partial charge in [-0.05, 0) is 18.6 Å². The quantitative estimate of drug-likeness (QED) is 0.790. The number of hydrogen-bond acceptors (Lipinski definition) is 3. The van der Waals surface area contributed by atoms with E-state index in [2.05, 4.69) is 0 Å². The molecular formula is C13H16O3. The Balaban J connectivity index is 1.85. The Morgan fingerprint density at radius 3 is 2.69 bits per heavy atom. The van der Waals surface area contributed by atoms with Gasteiger partial charge in [-0.2, -0.15) is 0 Å². The van der Waals surface area contributed by atoms with E-state index in [0.29, 0.717) is 6.61 Å². The third-order valence-corrected chi connectivity index (χ3v) is 2.55. The van der Waals surface area contributed by atoms with E-state index in [-0.39, 0.29) is 12.4 Å². The van der Waals surface area contributed by atoms with Gasteiger partial charge in [0.25, 0.3) is 0 Å². The van der Waals surface area contributed by atoms with Gasteiger partial charge in [0.15, 0.2) is 6.29 Å². The maximum absolute atomic E-state index is 9.41. The van der Waals surface area contributed by atoms with Crippen LogP contribution in [-0.2, 0) is 16.1 Å². The highest BCUT2D eigenvalue weighted by Crippen LogP contribution is 2.15. The smallest absolute Gasteiger partial charge is 0.177 e. The van der Waals surface area contributed by atoms with Crippen LogP contribution in [0.4, 0.5) is 0 Å². The molecule has 0 spiro atoms. The maximum Gasteiger partial charge on any atom is 0.177 e. The van der Waals surface area contributed by atoms with Crippen molar-refractivity contribution in [3.8, 4) is 0 Å². The second-order valence-corrected chi connectivity index (χ2v) is 3.88. The molecule has 3 heteroatoms. The molecule has 0 amide bonds. The van der Waals surface area contributed by atoms with Gasteiger partial charge < -0.3 is 14.6 Å². The molecular weight excluding hydrogens is 204 g/mol. The molecule has 0 saturated carbocycles. The summed E-state index contributed by atoms with van der Waals surface area (Å²) in [6, 6.07) is 9.93. The third kappa shape index (κ3) is 2.92. The number of benzene rings is 1. The molecule has 3 atom stereocenters. The van der Waals surface area contributed by atoms with Crippen LogP contribution in [0.15, 0.2) is 42.5 Å². The zero-order chi connectivity index (χ0) is 11.4. The Labute approximate surface area is 95.3 Å². The zero-order valence-electron chi connectivity index (χ0n) is 9.24. The Morgan fingerprint density at radius 1 is 1.25 bits per heavy atom. The summed E-state index contributed by atoms with van der Waals surface area (Å²) in [5.41, 5.74) is 1.11. The molecule has 0 aromatic heterocycles. The van der Waals surface area contributed by atoms with Crippen LogP contribution < -0.4 is 0 Å². The van der Waals surface area contributed by atoms with Crippen LogP contribution in [0.3, 0.4) is 0 Å². The number of aliphatic hydroxyl groups is 1. The molecule has 0 aliphatic carbocycles. The molecule has 1 aromatic carbocycles. The minimum atomic E-state index is -0.531. The maximum atomic E-state index is 9.41. The normalized spacial score (nSPS) is 29.2. The number of aliphatic hydroxyl groups excluding tert-OH is 1. The van der Waals surface area contributed by atoms with Crippen LogP contribution in [0.25, 0.3) is 0 Å². The van der Waals surface area contributed by atoms with E-state index in [1.807, 2.05) is 37.3 Å². The Kier molecular flexibility index (Phi) is 3.72. The van der Waals surface area contributed by atoms with Gasteiger partial charge in [-0.15, -0.1) is 0 Å². The Hall–Kier alpha value is -1.16. The summed E-state index contributed by atoms with van der Waals surface area (Å²) in [5.74, 6) is 0. The van der Waals surface area contributed by atoms with E-state index in [1.54, 1.807) is 12.2 Å². The SMILES string of the molecule is C[C@@H]1O[C@@H](OCc2ccccc2)C=C[C@H]1O. The van der Waals surface area contributed by atoms with E-state index in [4.69, 9.17) is 9.47 Å². The van der Waals surface area contributed by atoms with Gasteiger partial charge in [0.05, 0.1) is 18.8 Å². The van der Waals surface area contributed by atoms with Crippen molar-refractivity contribution in [1.29, 1.82) is 0 Å². The first-order valence-corrected chi connectivity index (χ1v) is 5.43. The molecule has 0 radical (unpaired) electrons. The Morgan fingerprint density at radius 2 is 2.00 bits per heavy atom. The van der Waals surface area contributed by atoms with Crippen molar-refractivity contribution in [3.05, 3.63) is 48.0 Å². The number of hydrogen-bond donors (Lipinski definition) is 1. The summed E-state index contributed by atoms with van der Waals surface area (Å²) in [6.07, 6.45) is 2.35. The van der Waals surface area contributed by atoms with Gasteiger partial charge in [0, 0.05) is 0 Å². The van der Waals surface area contributed by atoms with Crippen LogP contribution in [-0.4, -0.2) is 23.6 Å². The molecule has 0 saturated heterocycles. The van der Waals surface area contributed by atoms with Gasteiger partial charge in [-0.1, -0.05) is 36.4 Å². The van der Waals surface area contributed by atoms with Gasteiger partial charge in [0.1, 0.15) is 0 Å². The lowest BCUT2D eigenvalue weighted by Crippen LogP contribution is -2.33. The van der Waals surface area contributed by atoms with E-state index in [9.17, 15) is 5.11 Å². The average molecular weight is 220 g/mol. The Bertz CT molecular complexity index is 347. The minimum absolute atomic E-state index is 0.217. The number of ether oxygens (including phenoxy) is 2. The van der Waals surface area contributed by atoms with Crippen LogP contribution >= 0.6 is 0 Å². The predicted octanol–water partition coefficient (Wildman–Crippen LogP) is 1.87. The summed E-state index contributed by atoms with van der Waals surface area (Å²) >= 11 is 0. The molecule has 3 nitrogen and oxygen atoms in total. The molecule has 86 valence electrons. The standard InChI is InChI=1S/C13H16O3/c1-10-12(14)7-8-13(16-10)15-9-11-5-3-2-4-6-11/h2-8,10,12-14H,9H2,1H3/t10-,12+,13+/m0/s1. The van der Waals surface area contributed by atoms with Crippen molar-refractivity contribution in [3.63, 3.8) is 0 Å². The molecule has 0 fully saturated rings. The van der Waals surface area contributed by atoms with Crippen molar-refractivity contribution in [1.82, 2.24) is 0 Å². The molecule has 1 aromatic rings. The highest BCUT2D eigenvalue weighted by molar-refractivity contribution is 5.13. The molecule has 1 heterocycles. The average Bonchev–Trinajstić information content (AvgIpc) is 2.32. The second-order valence-electron chi connectivity index (χ2n) is 3.88. The minimum Gasteiger partial charge on any atom is -0.386 e. The lowest BCUT2D eigenvalue weighted by Gasteiger charge is -2.26. The van der Waals surface area contributed by atoms with E-state index < -0.39 is 6.10 Å². The summed E-state index contributed by atoms with van der Waals surface area (Å²) in [6.45, 7) is 2.34. The molecule has 16 heavy (non-hydrogen) atoms. The second kappa shape index (κ2) is 5.25. The van der Waals surface area contributed by atoms with Crippen LogP contribution in [0.5, 0.6) is 0 Å². The summed E-state index contributed by atoms with van der Waals surface area (Å²) < 4.78 is 11.0. The zero-order valence-corrected chi connectivity index (χ0v) is 9.24. The fourth-order valence-electron chi connectivity index (χ4n) is 1.55. The molecule has 0 unspecified atom stereocenters. The lowest BCUT2D eigenvalue weighted by molar-refractivity contribution is -0.170. The van der Waals surface area contributed by atoms with E-state index in [1.165, 1.54) is 0 Å². The first-order valence-electron chi connectivity index (χ1n) is 5.43. The topological polar surface area (TPSA) is 38.7 Å². The summed E-state index contributed by atoms with van der Waals surface area (Å²) in [7, 11) is 0. The summed E-state index contributed by atoms with van der Waals surface area (Å²) in [4.78, 5) is 0. The van der Waals surface area contributed by atoms with Crippen LogP contribution in [0.2, 0.25) is 0 Å². The van der Waals surface area contributed by atoms with Gasteiger partial charge in [0.2, 0.25) is 0 Å². The number of rotatable bonds is 3. The largest absolute Gasteiger partial charge is 0.386 e. The predicted molar refractivity (Wildman–Crippen MR) is 60.7 cm³/mol. The molecule has 1 aliphatic heterocycles. The highest BCUT2D eigenvalue weighted by atomic mass is 16.7. The van der Waals surface area contributed by atoms with Crippen molar-refractivity contribution in [2.75, 3.05) is 0 Å². The van der Waals surface area contributed by atoms with Crippen molar-refractivity contribution < 1.29 is 14.6 Å². The summed E-state index contributed by atoms with van der Waals surface area (Å²) in [5, 5.41) is 9.41. The van der Waals surface area contributed by atoms with Crippen LogP contribution in [0.1, 0.15) is 12.5 Å². The van der Waals surface area contributed by atoms with Gasteiger partial charge in [-0.3, -0.25) is 0 Å².